The molecule has 5 nitrogen and oxygen atoms in total. The minimum absolute atomic E-state index is 0.212. The highest BCUT2D eigenvalue weighted by atomic mass is 32.1. The van der Waals surface area contributed by atoms with Gasteiger partial charge in [0.1, 0.15) is 10.8 Å². The number of allylic oxidation sites excluding steroid dienone is 1. The summed E-state index contributed by atoms with van der Waals surface area (Å²) in [5.41, 5.74) is 3.83. The maximum absolute atomic E-state index is 12.6. The number of hydrogen-bond donors (Lipinski definition) is 1. The molecule has 3 aromatic carbocycles. The quantitative estimate of drug-likeness (QED) is 0.290. The summed E-state index contributed by atoms with van der Waals surface area (Å²) in [5, 5.41) is 4.26. The van der Waals surface area contributed by atoms with Gasteiger partial charge in [-0.3, -0.25) is 4.79 Å². The predicted octanol–water partition coefficient (Wildman–Crippen LogP) is 6.49. The van der Waals surface area contributed by atoms with Crippen LogP contribution in [0.1, 0.15) is 29.8 Å². The Labute approximate surface area is 197 Å². The summed E-state index contributed by atoms with van der Waals surface area (Å²) in [4.78, 5) is 17.5. The maximum atomic E-state index is 12.6. The lowest BCUT2D eigenvalue weighted by atomic mass is 9.88. The molecule has 1 heterocycles. The van der Waals surface area contributed by atoms with E-state index in [0.717, 1.165) is 37.8 Å². The van der Waals surface area contributed by atoms with Crippen molar-refractivity contribution in [2.75, 3.05) is 19.0 Å². The lowest BCUT2D eigenvalue weighted by Gasteiger charge is -2.19. The Hall–Kier alpha value is -3.64. The summed E-state index contributed by atoms with van der Waals surface area (Å²) in [6.07, 6.45) is 2.18. The van der Waals surface area contributed by atoms with Gasteiger partial charge >= 0.3 is 5.97 Å². The molecule has 0 aliphatic rings. The van der Waals surface area contributed by atoms with Crippen LogP contribution in [0.5, 0.6) is 5.75 Å². The van der Waals surface area contributed by atoms with E-state index < -0.39 is 0 Å². The van der Waals surface area contributed by atoms with Crippen LogP contribution in [0.25, 0.3) is 15.8 Å². The number of nitrogens with one attached hydrogen (secondary N) is 1. The zero-order chi connectivity index (χ0) is 23.0. The van der Waals surface area contributed by atoms with E-state index in [-0.39, 0.29) is 18.3 Å². The zero-order valence-corrected chi connectivity index (χ0v) is 19.5. The number of para-hydroxylation sites is 1. The van der Waals surface area contributed by atoms with Crippen LogP contribution in [0.15, 0.2) is 85.1 Å². The van der Waals surface area contributed by atoms with Crippen molar-refractivity contribution in [3.8, 4) is 5.75 Å². The Kier molecular flexibility index (Phi) is 7.37. The molecule has 33 heavy (non-hydrogen) atoms. The third kappa shape index (κ3) is 5.59. The number of carbonyl (C=O) groups is 1. The van der Waals surface area contributed by atoms with Crippen molar-refractivity contribution in [3.63, 3.8) is 0 Å². The predicted molar refractivity (Wildman–Crippen MR) is 135 cm³/mol. The third-order valence-corrected chi connectivity index (χ3v) is 6.36. The molecule has 0 fully saturated rings. The summed E-state index contributed by atoms with van der Waals surface area (Å²) >= 11 is 1.62. The molecule has 0 bridgehead atoms. The number of thiazole rings is 1. The van der Waals surface area contributed by atoms with Crippen molar-refractivity contribution in [2.45, 2.75) is 19.3 Å². The summed E-state index contributed by atoms with van der Waals surface area (Å²) in [6.45, 7) is 2.18. The monoisotopic (exact) mass is 458 g/mol. The molecule has 0 spiro atoms. The first-order chi connectivity index (χ1) is 16.2. The third-order valence-electron chi connectivity index (χ3n) is 5.28. The Bertz CT molecular complexity index is 1200. The minimum Gasteiger partial charge on any atom is -0.497 e. The normalized spacial score (nSPS) is 12.4. The molecule has 6 heteroatoms. The zero-order valence-electron chi connectivity index (χ0n) is 18.7. The molecule has 1 N–H and O–H groups in total. The van der Waals surface area contributed by atoms with E-state index >= 15 is 0 Å². The number of anilines is 1. The van der Waals surface area contributed by atoms with Crippen LogP contribution in [-0.4, -0.2) is 24.7 Å². The Morgan fingerprint density at radius 3 is 2.45 bits per heavy atom. The Morgan fingerprint density at radius 1 is 1.03 bits per heavy atom. The lowest BCUT2D eigenvalue weighted by Crippen LogP contribution is -2.13. The highest BCUT2D eigenvalue weighted by molar-refractivity contribution is 7.19. The molecule has 1 unspecified atom stereocenters. The van der Waals surface area contributed by atoms with Crippen molar-refractivity contribution in [2.24, 2.45) is 0 Å². The van der Waals surface area contributed by atoms with Gasteiger partial charge in [-0.15, -0.1) is 11.3 Å². The number of benzene rings is 3. The molecule has 0 aliphatic carbocycles. The van der Waals surface area contributed by atoms with Crippen LogP contribution in [0.4, 0.5) is 5.69 Å². The van der Waals surface area contributed by atoms with Crippen molar-refractivity contribution >= 4 is 38.8 Å². The molecule has 4 rings (SSSR count). The van der Waals surface area contributed by atoms with Gasteiger partial charge in [0.2, 0.25) is 0 Å². The molecule has 0 saturated carbocycles. The van der Waals surface area contributed by atoms with Gasteiger partial charge in [0.05, 0.1) is 30.4 Å². The van der Waals surface area contributed by atoms with E-state index in [1.54, 1.807) is 18.4 Å². The van der Waals surface area contributed by atoms with Crippen LogP contribution in [0, 0.1) is 0 Å². The molecule has 1 atom stereocenters. The van der Waals surface area contributed by atoms with Gasteiger partial charge in [0.25, 0.3) is 0 Å². The van der Waals surface area contributed by atoms with Gasteiger partial charge in [0.15, 0.2) is 0 Å². The molecule has 0 radical (unpaired) electrons. The van der Waals surface area contributed by atoms with Crippen LogP contribution >= 0.6 is 11.3 Å². The average Bonchev–Trinajstić information content (AvgIpc) is 3.28. The van der Waals surface area contributed by atoms with Gasteiger partial charge < -0.3 is 14.8 Å². The standard InChI is InChI=1S/C27H26N2O3S/c1-3-32-26(30)17-22(19-9-5-4-6-10-19)23(18-28-20-13-15-21(31-2)16-14-20)27-29-24-11-7-8-12-25(24)33-27/h4-16,18,22,28H,3,17H2,1-2H3/b23-18-. The first-order valence-electron chi connectivity index (χ1n) is 10.8. The molecule has 0 aliphatic heterocycles. The number of hydrogen-bond acceptors (Lipinski definition) is 6. The van der Waals surface area contributed by atoms with E-state index in [4.69, 9.17) is 14.5 Å². The van der Waals surface area contributed by atoms with Crippen LogP contribution in [0.3, 0.4) is 0 Å². The fraction of sp³-hybridized carbons (Fsp3) is 0.185. The van der Waals surface area contributed by atoms with Gasteiger partial charge in [0, 0.05) is 23.4 Å². The second-order valence-corrected chi connectivity index (χ2v) is 8.46. The number of fused-ring (bicyclic) bond motifs is 1. The van der Waals surface area contributed by atoms with Gasteiger partial charge in [-0.1, -0.05) is 42.5 Å². The van der Waals surface area contributed by atoms with Gasteiger partial charge in [-0.2, -0.15) is 0 Å². The number of nitrogens with zero attached hydrogens (tertiary/aromatic N) is 1. The van der Waals surface area contributed by atoms with Crippen LogP contribution in [-0.2, 0) is 9.53 Å². The Balaban J connectivity index is 1.77. The second-order valence-electron chi connectivity index (χ2n) is 7.43. The smallest absolute Gasteiger partial charge is 0.306 e. The van der Waals surface area contributed by atoms with E-state index in [1.807, 2.05) is 85.9 Å². The maximum Gasteiger partial charge on any atom is 0.306 e. The highest BCUT2D eigenvalue weighted by Gasteiger charge is 2.25. The first-order valence-corrected chi connectivity index (χ1v) is 11.7. The molecular formula is C27H26N2O3S. The van der Waals surface area contributed by atoms with Crippen molar-refractivity contribution in [1.29, 1.82) is 0 Å². The van der Waals surface area contributed by atoms with E-state index in [1.165, 1.54) is 0 Å². The number of methoxy groups -OCH3 is 1. The van der Waals surface area contributed by atoms with E-state index in [0.29, 0.717) is 6.61 Å². The topological polar surface area (TPSA) is 60.5 Å². The number of aromatic nitrogens is 1. The Morgan fingerprint density at radius 2 is 1.76 bits per heavy atom. The second kappa shape index (κ2) is 10.8. The minimum atomic E-state index is -0.234. The van der Waals surface area contributed by atoms with Crippen LogP contribution in [0.2, 0.25) is 0 Å². The van der Waals surface area contributed by atoms with Gasteiger partial charge in [-0.25, -0.2) is 4.98 Å². The van der Waals surface area contributed by atoms with Crippen LogP contribution < -0.4 is 10.1 Å². The molecule has 1 aromatic heterocycles. The fourth-order valence-corrected chi connectivity index (χ4v) is 4.67. The number of carbonyl (C=O) groups excluding carboxylic acids is 1. The molecule has 0 amide bonds. The number of ether oxygens (including phenoxy) is 2. The van der Waals surface area contributed by atoms with Crippen molar-refractivity contribution in [1.82, 2.24) is 4.98 Å². The summed E-state index contributed by atoms with van der Waals surface area (Å²) in [6, 6.07) is 25.8. The van der Waals surface area contributed by atoms with E-state index in [2.05, 4.69) is 11.4 Å². The highest BCUT2D eigenvalue weighted by Crippen LogP contribution is 2.38. The molecular weight excluding hydrogens is 432 g/mol. The summed E-state index contributed by atoms with van der Waals surface area (Å²) < 4.78 is 11.7. The SMILES string of the molecule is CCOC(=O)CC(/C(=C/Nc1ccc(OC)cc1)c1nc2ccccc2s1)c1ccccc1. The average molecular weight is 459 g/mol. The molecule has 0 saturated heterocycles. The number of rotatable bonds is 9. The summed E-state index contributed by atoms with van der Waals surface area (Å²) in [5.74, 6) is 0.347. The lowest BCUT2D eigenvalue weighted by molar-refractivity contribution is -0.143. The van der Waals surface area contributed by atoms with Crippen molar-refractivity contribution < 1.29 is 14.3 Å². The van der Waals surface area contributed by atoms with E-state index in [9.17, 15) is 4.79 Å². The number of esters is 1. The molecule has 168 valence electrons. The van der Waals surface area contributed by atoms with Crippen molar-refractivity contribution in [3.05, 3.63) is 95.6 Å². The van der Waals surface area contributed by atoms with Gasteiger partial charge in [-0.05, 0) is 48.9 Å². The fourth-order valence-electron chi connectivity index (χ4n) is 3.63. The largest absolute Gasteiger partial charge is 0.497 e. The first kappa shape index (κ1) is 22.6. The summed E-state index contributed by atoms with van der Waals surface area (Å²) in [7, 11) is 1.65. The molecule has 4 aromatic rings.